The highest BCUT2D eigenvalue weighted by molar-refractivity contribution is 8.00. The van der Waals surface area contributed by atoms with Crippen molar-refractivity contribution >= 4 is 17.7 Å². The van der Waals surface area contributed by atoms with Crippen LogP contribution in [0, 0.1) is 0 Å². The van der Waals surface area contributed by atoms with Crippen LogP contribution in [0.5, 0.6) is 0 Å². The first kappa shape index (κ1) is 18.0. The van der Waals surface area contributed by atoms with Gasteiger partial charge < -0.3 is 14.8 Å². The number of hydrogen-bond acceptors (Lipinski definition) is 4. The van der Waals surface area contributed by atoms with E-state index in [9.17, 15) is 4.79 Å². The Morgan fingerprint density at radius 1 is 1.43 bits per heavy atom. The van der Waals surface area contributed by atoms with Crippen molar-refractivity contribution in [1.82, 2.24) is 19.8 Å². The molecule has 0 aliphatic carbocycles. The zero-order valence-corrected chi connectivity index (χ0v) is 14.4. The number of carbonyl (C=O) groups excluding carboxylic acids is 1. The number of hydrogen-bond donors (Lipinski definition) is 1. The fourth-order valence-electron chi connectivity index (χ4n) is 2.03. The summed E-state index contributed by atoms with van der Waals surface area (Å²) < 4.78 is 1.93. The van der Waals surface area contributed by atoms with Crippen LogP contribution in [0.3, 0.4) is 0 Å². The van der Waals surface area contributed by atoms with Gasteiger partial charge in [-0.2, -0.15) is 0 Å². The molecule has 1 N–H and O–H groups in total. The summed E-state index contributed by atoms with van der Waals surface area (Å²) >= 11 is 1.49. The SMILES string of the molecule is CCN(CC)CCCCNC(=O)C(C)Sc1nccn1C. The van der Waals surface area contributed by atoms with E-state index < -0.39 is 0 Å². The lowest BCUT2D eigenvalue weighted by Crippen LogP contribution is -2.32. The second kappa shape index (κ2) is 9.84. The molecule has 0 fully saturated rings. The summed E-state index contributed by atoms with van der Waals surface area (Å²) in [7, 11) is 1.94. The molecule has 21 heavy (non-hydrogen) atoms. The zero-order chi connectivity index (χ0) is 15.7. The van der Waals surface area contributed by atoms with Crippen LogP contribution < -0.4 is 5.32 Å². The van der Waals surface area contributed by atoms with Crippen LogP contribution in [-0.2, 0) is 11.8 Å². The molecule has 0 saturated heterocycles. The topological polar surface area (TPSA) is 50.2 Å². The van der Waals surface area contributed by atoms with E-state index in [1.165, 1.54) is 11.8 Å². The lowest BCUT2D eigenvalue weighted by molar-refractivity contribution is -0.120. The molecule has 0 aromatic carbocycles. The summed E-state index contributed by atoms with van der Waals surface area (Å²) in [5.74, 6) is 0.0887. The van der Waals surface area contributed by atoms with Crippen molar-refractivity contribution in [2.45, 2.75) is 44.0 Å². The van der Waals surface area contributed by atoms with Crippen molar-refractivity contribution in [2.24, 2.45) is 7.05 Å². The predicted molar refractivity (Wildman–Crippen MR) is 88.6 cm³/mol. The second-order valence-electron chi connectivity index (χ2n) is 5.11. The van der Waals surface area contributed by atoms with Crippen LogP contribution in [0.25, 0.3) is 0 Å². The molecule has 1 heterocycles. The van der Waals surface area contributed by atoms with E-state index in [0.717, 1.165) is 44.2 Å². The average Bonchev–Trinajstić information content (AvgIpc) is 2.88. The van der Waals surface area contributed by atoms with Crippen LogP contribution in [0.15, 0.2) is 17.6 Å². The number of nitrogens with one attached hydrogen (secondary N) is 1. The Morgan fingerprint density at radius 2 is 2.14 bits per heavy atom. The maximum atomic E-state index is 12.0. The predicted octanol–water partition coefficient (Wildman–Crippen LogP) is 2.14. The molecule has 0 aliphatic heterocycles. The van der Waals surface area contributed by atoms with E-state index in [-0.39, 0.29) is 11.2 Å². The van der Waals surface area contributed by atoms with Gasteiger partial charge in [0, 0.05) is 26.0 Å². The van der Waals surface area contributed by atoms with E-state index in [1.54, 1.807) is 6.20 Å². The maximum absolute atomic E-state index is 12.0. The molecule has 0 aliphatic rings. The number of carbonyl (C=O) groups is 1. The van der Waals surface area contributed by atoms with Gasteiger partial charge in [-0.25, -0.2) is 4.98 Å². The summed E-state index contributed by atoms with van der Waals surface area (Å²) in [4.78, 5) is 18.6. The number of nitrogens with zero attached hydrogens (tertiary/aromatic N) is 3. The molecular weight excluding hydrogens is 284 g/mol. The Labute approximate surface area is 132 Å². The van der Waals surface area contributed by atoms with E-state index >= 15 is 0 Å². The minimum Gasteiger partial charge on any atom is -0.355 e. The van der Waals surface area contributed by atoms with Crippen LogP contribution in [0.1, 0.15) is 33.6 Å². The lowest BCUT2D eigenvalue weighted by atomic mass is 10.3. The highest BCUT2D eigenvalue weighted by Gasteiger charge is 2.15. The molecule has 5 nitrogen and oxygen atoms in total. The molecule has 1 aromatic rings. The summed E-state index contributed by atoms with van der Waals surface area (Å²) in [6, 6.07) is 0. The molecule has 1 atom stereocenters. The highest BCUT2D eigenvalue weighted by atomic mass is 32.2. The van der Waals surface area contributed by atoms with E-state index in [1.807, 2.05) is 24.7 Å². The van der Waals surface area contributed by atoms with E-state index in [4.69, 9.17) is 0 Å². The molecule has 120 valence electrons. The smallest absolute Gasteiger partial charge is 0.233 e. The van der Waals surface area contributed by atoms with Crippen molar-refractivity contribution in [1.29, 1.82) is 0 Å². The standard InChI is InChI=1S/C15H28N4OS/c1-5-19(6-2)11-8-7-9-16-14(20)13(3)21-15-17-10-12-18(15)4/h10,12-13H,5-9,11H2,1-4H3,(H,16,20). The quantitative estimate of drug-likeness (QED) is 0.531. The third kappa shape index (κ3) is 6.52. The Hall–Kier alpha value is -1.01. The van der Waals surface area contributed by atoms with Crippen molar-refractivity contribution in [3.63, 3.8) is 0 Å². The lowest BCUT2D eigenvalue weighted by Gasteiger charge is -2.17. The monoisotopic (exact) mass is 312 g/mol. The minimum atomic E-state index is -0.117. The summed E-state index contributed by atoms with van der Waals surface area (Å²) in [6.07, 6.45) is 5.80. The first-order chi connectivity index (χ1) is 10.1. The normalized spacial score (nSPS) is 12.6. The fourth-order valence-corrected chi connectivity index (χ4v) is 2.89. The van der Waals surface area contributed by atoms with E-state index in [0.29, 0.717) is 0 Å². The van der Waals surface area contributed by atoms with Crippen LogP contribution >= 0.6 is 11.8 Å². The van der Waals surface area contributed by atoms with Gasteiger partial charge >= 0.3 is 0 Å². The molecule has 1 unspecified atom stereocenters. The van der Waals surface area contributed by atoms with Gasteiger partial charge in [0.2, 0.25) is 5.91 Å². The first-order valence-electron chi connectivity index (χ1n) is 7.72. The number of thioether (sulfide) groups is 1. The minimum absolute atomic E-state index is 0.0887. The number of aromatic nitrogens is 2. The molecule has 1 rings (SSSR count). The molecule has 0 saturated carbocycles. The molecule has 6 heteroatoms. The highest BCUT2D eigenvalue weighted by Crippen LogP contribution is 2.20. The molecule has 1 amide bonds. The molecule has 0 radical (unpaired) electrons. The molecule has 0 bridgehead atoms. The number of amides is 1. The number of rotatable bonds is 10. The largest absolute Gasteiger partial charge is 0.355 e. The second-order valence-corrected chi connectivity index (χ2v) is 6.41. The van der Waals surface area contributed by atoms with Gasteiger partial charge in [-0.3, -0.25) is 4.79 Å². The van der Waals surface area contributed by atoms with Gasteiger partial charge in [-0.1, -0.05) is 25.6 Å². The van der Waals surface area contributed by atoms with Gasteiger partial charge in [0.25, 0.3) is 0 Å². The maximum Gasteiger partial charge on any atom is 0.233 e. The average molecular weight is 312 g/mol. The third-order valence-corrected chi connectivity index (χ3v) is 4.70. The van der Waals surface area contributed by atoms with Crippen LogP contribution in [0.4, 0.5) is 0 Å². The Bertz CT molecular complexity index is 418. The summed E-state index contributed by atoms with van der Waals surface area (Å²) in [5, 5.41) is 3.77. The summed E-state index contributed by atoms with van der Waals surface area (Å²) in [5.41, 5.74) is 0. The first-order valence-corrected chi connectivity index (χ1v) is 8.60. The van der Waals surface area contributed by atoms with Gasteiger partial charge in [-0.05, 0) is 39.4 Å². The third-order valence-electron chi connectivity index (χ3n) is 3.52. The molecular formula is C15H28N4OS. The number of imidazole rings is 1. The molecule has 0 spiro atoms. The molecule has 1 aromatic heterocycles. The van der Waals surface area contributed by atoms with Crippen LogP contribution in [-0.4, -0.2) is 51.8 Å². The van der Waals surface area contributed by atoms with Crippen LogP contribution in [0.2, 0.25) is 0 Å². The number of unbranched alkanes of at least 4 members (excludes halogenated alkanes) is 1. The van der Waals surface area contributed by atoms with Gasteiger partial charge in [0.15, 0.2) is 5.16 Å². The summed E-state index contributed by atoms with van der Waals surface area (Å²) in [6.45, 7) is 10.3. The van der Waals surface area contributed by atoms with E-state index in [2.05, 4.69) is 29.0 Å². The number of aryl methyl sites for hydroxylation is 1. The zero-order valence-electron chi connectivity index (χ0n) is 13.6. The van der Waals surface area contributed by atoms with Gasteiger partial charge in [0.05, 0.1) is 5.25 Å². The Balaban J connectivity index is 2.17. The Morgan fingerprint density at radius 3 is 2.71 bits per heavy atom. The van der Waals surface area contributed by atoms with Crippen molar-refractivity contribution in [2.75, 3.05) is 26.2 Å². The van der Waals surface area contributed by atoms with Crippen molar-refractivity contribution in [3.05, 3.63) is 12.4 Å². The van der Waals surface area contributed by atoms with Crippen molar-refractivity contribution < 1.29 is 4.79 Å². The van der Waals surface area contributed by atoms with Gasteiger partial charge in [0.1, 0.15) is 0 Å². The Kier molecular flexibility index (Phi) is 8.45. The van der Waals surface area contributed by atoms with Crippen molar-refractivity contribution in [3.8, 4) is 0 Å². The fraction of sp³-hybridized carbons (Fsp3) is 0.733. The van der Waals surface area contributed by atoms with Gasteiger partial charge in [-0.15, -0.1) is 0 Å².